The molecule has 0 atom stereocenters. The number of unbranched alkanes of at least 4 members (excludes halogenated alkanes) is 3. The van der Waals surface area contributed by atoms with E-state index in [2.05, 4.69) is 16.8 Å². The second-order valence-electron chi connectivity index (χ2n) is 7.75. The molecular weight excluding hydrogens is 426 g/mol. The maximum absolute atomic E-state index is 12.5. The molecule has 2 aromatic carbocycles. The van der Waals surface area contributed by atoms with Crippen LogP contribution >= 0.6 is 0 Å². The fourth-order valence-corrected chi connectivity index (χ4v) is 4.18. The third kappa shape index (κ3) is 8.26. The van der Waals surface area contributed by atoms with E-state index in [9.17, 15) is 13.2 Å². The van der Waals surface area contributed by atoms with E-state index >= 15 is 0 Å². The summed E-state index contributed by atoms with van der Waals surface area (Å²) in [5, 5.41) is 8.37. The summed E-state index contributed by atoms with van der Waals surface area (Å²) in [6, 6.07) is 14.1. The zero-order valence-electron chi connectivity index (χ0n) is 19.0. The molecule has 8 heteroatoms. The predicted octanol–water partition coefficient (Wildman–Crippen LogP) is 5.62. The van der Waals surface area contributed by atoms with Crippen molar-refractivity contribution in [3.8, 4) is 0 Å². The van der Waals surface area contributed by atoms with Gasteiger partial charge in [0.15, 0.2) is 9.84 Å². The molecule has 0 aliphatic rings. The molecule has 0 bridgehead atoms. The van der Waals surface area contributed by atoms with Gasteiger partial charge >= 0.3 is 5.97 Å². The third-order valence-corrected chi connectivity index (χ3v) is 6.55. The lowest BCUT2D eigenvalue weighted by Gasteiger charge is -2.11. The van der Waals surface area contributed by atoms with Crippen molar-refractivity contribution in [3.05, 3.63) is 60.7 Å². The molecule has 2 rings (SSSR count). The van der Waals surface area contributed by atoms with Crippen LogP contribution in [0, 0.1) is 0 Å². The molecule has 0 saturated heterocycles. The number of ether oxygens (including phenoxy) is 1. The molecule has 32 heavy (non-hydrogen) atoms. The van der Waals surface area contributed by atoms with Crippen molar-refractivity contribution in [3.63, 3.8) is 0 Å². The van der Waals surface area contributed by atoms with Crippen LogP contribution < -0.4 is 4.90 Å². The number of carbonyl (C=O) groups is 1. The van der Waals surface area contributed by atoms with Crippen LogP contribution in [0.2, 0.25) is 0 Å². The van der Waals surface area contributed by atoms with Gasteiger partial charge in [-0.25, -0.2) is 13.2 Å². The summed E-state index contributed by atoms with van der Waals surface area (Å²) in [7, 11) is 0.589. The van der Waals surface area contributed by atoms with Crippen LogP contribution in [0.1, 0.15) is 32.6 Å². The summed E-state index contributed by atoms with van der Waals surface area (Å²) in [4.78, 5) is 13.6. The number of anilines is 1. The van der Waals surface area contributed by atoms with Crippen molar-refractivity contribution in [2.75, 3.05) is 31.4 Å². The fourth-order valence-electron chi connectivity index (χ4n) is 2.81. The van der Waals surface area contributed by atoms with Gasteiger partial charge < -0.3 is 9.64 Å². The van der Waals surface area contributed by atoms with Crippen molar-refractivity contribution >= 4 is 32.9 Å². The molecule has 0 amide bonds. The van der Waals surface area contributed by atoms with Crippen molar-refractivity contribution in [1.82, 2.24) is 0 Å². The Labute approximate surface area is 190 Å². The molecule has 0 N–H and O–H groups in total. The Kier molecular flexibility index (Phi) is 9.59. The van der Waals surface area contributed by atoms with Crippen molar-refractivity contribution < 1.29 is 17.9 Å². The van der Waals surface area contributed by atoms with Crippen LogP contribution in [0.15, 0.2) is 75.8 Å². The number of hydrogen-bond acceptors (Lipinski definition) is 7. The van der Waals surface area contributed by atoms with Crippen molar-refractivity contribution in [1.29, 1.82) is 0 Å². The third-order valence-electron chi connectivity index (χ3n) is 4.73. The summed E-state index contributed by atoms with van der Waals surface area (Å²) >= 11 is 0. The number of nitrogens with zero attached hydrogens (tertiary/aromatic N) is 3. The van der Waals surface area contributed by atoms with Gasteiger partial charge in [-0.05, 0) is 68.3 Å². The van der Waals surface area contributed by atoms with Gasteiger partial charge in [-0.2, -0.15) is 10.2 Å². The summed E-state index contributed by atoms with van der Waals surface area (Å²) < 4.78 is 30.1. The lowest BCUT2D eigenvalue weighted by atomic mass is 10.2. The molecule has 2 aromatic rings. The van der Waals surface area contributed by atoms with E-state index in [1.165, 1.54) is 0 Å². The van der Waals surface area contributed by atoms with Crippen LogP contribution in [-0.4, -0.2) is 40.8 Å². The number of esters is 1. The minimum Gasteiger partial charge on any atom is -0.462 e. The number of hydrogen-bond donors (Lipinski definition) is 0. The molecular formula is C24H31N3O4S. The van der Waals surface area contributed by atoms with Crippen molar-refractivity contribution in [2.24, 2.45) is 10.2 Å². The minimum absolute atomic E-state index is 0.0810. The summed E-state index contributed by atoms with van der Waals surface area (Å²) in [6.07, 6.45) is 2.81. The first kappa shape index (κ1) is 25.3. The highest BCUT2D eigenvalue weighted by molar-refractivity contribution is 7.91. The van der Waals surface area contributed by atoms with E-state index in [1.807, 2.05) is 43.3 Å². The second-order valence-corrected chi connectivity index (χ2v) is 9.86. The Hall–Kier alpha value is -3.00. The van der Waals surface area contributed by atoms with Gasteiger partial charge in [-0.15, -0.1) is 0 Å². The zero-order chi connectivity index (χ0) is 23.6. The maximum atomic E-state index is 12.5. The predicted molar refractivity (Wildman–Crippen MR) is 128 cm³/mol. The summed E-state index contributed by atoms with van der Waals surface area (Å²) in [5.41, 5.74) is 2.76. The smallest absolute Gasteiger partial charge is 0.333 e. The normalized spacial score (nSPS) is 11.5. The number of rotatable bonds is 12. The van der Waals surface area contributed by atoms with Gasteiger partial charge in [0.05, 0.1) is 28.6 Å². The highest BCUT2D eigenvalue weighted by atomic mass is 32.2. The molecule has 0 saturated carbocycles. The van der Waals surface area contributed by atoms with Gasteiger partial charge in [0.1, 0.15) is 0 Å². The Morgan fingerprint density at radius 2 is 1.44 bits per heavy atom. The Morgan fingerprint density at radius 3 is 1.97 bits per heavy atom. The van der Waals surface area contributed by atoms with Gasteiger partial charge in [0, 0.05) is 25.4 Å². The molecule has 0 aromatic heterocycles. The van der Waals surface area contributed by atoms with Crippen molar-refractivity contribution in [2.45, 2.75) is 37.5 Å². The average molecular weight is 458 g/mol. The monoisotopic (exact) mass is 457 g/mol. The highest BCUT2D eigenvalue weighted by Gasteiger charge is 2.13. The van der Waals surface area contributed by atoms with Crippen LogP contribution in [0.4, 0.5) is 17.1 Å². The van der Waals surface area contributed by atoms with E-state index in [0.717, 1.165) is 24.2 Å². The van der Waals surface area contributed by atoms with Gasteiger partial charge in [0.25, 0.3) is 0 Å². The summed E-state index contributed by atoms with van der Waals surface area (Å²) in [5.74, 6) is -0.310. The Morgan fingerprint density at radius 1 is 0.906 bits per heavy atom. The first-order chi connectivity index (χ1) is 15.2. The quantitative estimate of drug-likeness (QED) is 0.179. The second kappa shape index (κ2) is 12.1. The van der Waals surface area contributed by atoms with Gasteiger partial charge in [-0.1, -0.05) is 19.4 Å². The zero-order valence-corrected chi connectivity index (χ0v) is 19.8. The molecule has 0 fully saturated rings. The number of azo groups is 1. The lowest BCUT2D eigenvalue weighted by Crippen LogP contribution is -2.07. The van der Waals surface area contributed by atoms with Crippen LogP contribution in [-0.2, 0) is 19.4 Å². The Bertz CT molecular complexity index is 1030. The van der Waals surface area contributed by atoms with E-state index in [-0.39, 0.29) is 10.6 Å². The lowest BCUT2D eigenvalue weighted by molar-refractivity contribution is -0.139. The van der Waals surface area contributed by atoms with Crippen LogP contribution in [0.25, 0.3) is 0 Å². The topological polar surface area (TPSA) is 88.4 Å². The number of carbonyl (C=O) groups excluding carboxylic acids is 1. The average Bonchev–Trinajstić information content (AvgIpc) is 2.77. The molecule has 0 radical (unpaired) electrons. The van der Waals surface area contributed by atoms with Crippen LogP contribution in [0.5, 0.6) is 0 Å². The number of benzene rings is 2. The first-order valence-corrected chi connectivity index (χ1v) is 12.2. The van der Waals surface area contributed by atoms with E-state index in [4.69, 9.17) is 4.74 Å². The SMILES string of the molecule is C=C(C)C(=O)OCCCCCCS(=O)(=O)c1ccc(N=Nc2ccc(N(C)C)cc2)cc1. The highest BCUT2D eigenvalue weighted by Crippen LogP contribution is 2.23. The van der Waals surface area contributed by atoms with Gasteiger partial charge in [-0.3, -0.25) is 0 Å². The molecule has 0 unspecified atom stereocenters. The van der Waals surface area contributed by atoms with E-state index in [1.54, 1.807) is 31.2 Å². The fraction of sp³-hybridized carbons (Fsp3) is 0.375. The molecule has 7 nitrogen and oxygen atoms in total. The van der Waals surface area contributed by atoms with E-state index in [0.29, 0.717) is 30.7 Å². The Balaban J connectivity index is 1.79. The molecule has 0 aliphatic carbocycles. The molecule has 0 heterocycles. The molecule has 0 aliphatic heterocycles. The standard InChI is InChI=1S/C24H31N3O4S/c1-19(2)24(28)31-17-7-5-6-8-18-32(29,30)23-15-11-21(12-16-23)26-25-20-9-13-22(14-10-20)27(3)4/h9-16H,1,5-8,17-18H2,2-4H3. The largest absolute Gasteiger partial charge is 0.462 e. The number of sulfone groups is 1. The maximum Gasteiger partial charge on any atom is 0.333 e. The van der Waals surface area contributed by atoms with E-state index < -0.39 is 15.8 Å². The molecule has 0 spiro atoms. The van der Waals surface area contributed by atoms with Crippen LogP contribution in [0.3, 0.4) is 0 Å². The minimum atomic E-state index is -3.35. The van der Waals surface area contributed by atoms with Gasteiger partial charge in [0.2, 0.25) is 0 Å². The first-order valence-electron chi connectivity index (χ1n) is 10.5. The summed E-state index contributed by atoms with van der Waals surface area (Å²) in [6.45, 7) is 5.45. The molecule has 172 valence electrons.